The van der Waals surface area contributed by atoms with Gasteiger partial charge in [-0.15, -0.1) is 0 Å². The Morgan fingerprint density at radius 3 is 2.50 bits per heavy atom. The zero-order valence-corrected chi connectivity index (χ0v) is 7.90. The predicted octanol–water partition coefficient (Wildman–Crippen LogP) is -0.404. The fraction of sp³-hybridized carbons (Fsp3) is 0.778. The van der Waals surface area contributed by atoms with Crippen LogP contribution in [0.2, 0.25) is 0 Å². The van der Waals surface area contributed by atoms with Crippen molar-refractivity contribution in [2.45, 2.75) is 19.3 Å². The van der Waals surface area contributed by atoms with Crippen LogP contribution in [0.1, 0.15) is 19.3 Å². The summed E-state index contributed by atoms with van der Waals surface area (Å²) in [5, 5.41) is 19.8. The Balaban J connectivity index is 2.49. The van der Waals surface area contributed by atoms with Gasteiger partial charge in [0.15, 0.2) is 0 Å². The van der Waals surface area contributed by atoms with Crippen molar-refractivity contribution < 1.29 is 19.8 Å². The third-order valence-corrected chi connectivity index (χ3v) is 2.58. The molecule has 0 heterocycles. The van der Waals surface area contributed by atoms with Crippen molar-refractivity contribution >= 4 is 11.9 Å². The Labute approximate surface area is 82.1 Å². The molecule has 0 bridgehead atoms. The van der Waals surface area contributed by atoms with Gasteiger partial charge in [0.2, 0.25) is 5.91 Å². The lowest BCUT2D eigenvalue weighted by molar-refractivity contribution is -0.146. The molecule has 0 radical (unpaired) electrons. The Kier molecular flexibility index (Phi) is 3.88. The number of amides is 1. The molecule has 14 heavy (non-hydrogen) atoms. The maximum absolute atomic E-state index is 11.4. The SMILES string of the molecule is O=C(O)C1CCCC1C(=O)NCCO. The molecule has 0 saturated heterocycles. The number of nitrogens with one attached hydrogen (secondary N) is 1. The molecule has 2 atom stereocenters. The zero-order valence-electron chi connectivity index (χ0n) is 7.90. The minimum absolute atomic E-state index is 0.115. The number of carbonyl (C=O) groups excluding carboxylic acids is 1. The number of aliphatic hydroxyl groups is 1. The van der Waals surface area contributed by atoms with Gasteiger partial charge in [0.1, 0.15) is 0 Å². The molecule has 0 aromatic rings. The largest absolute Gasteiger partial charge is 0.481 e. The van der Waals surface area contributed by atoms with Crippen molar-refractivity contribution in [3.8, 4) is 0 Å². The summed E-state index contributed by atoms with van der Waals surface area (Å²) in [6.07, 6.45) is 1.99. The van der Waals surface area contributed by atoms with Gasteiger partial charge in [-0.2, -0.15) is 0 Å². The van der Waals surface area contributed by atoms with Gasteiger partial charge < -0.3 is 15.5 Å². The first-order valence-electron chi connectivity index (χ1n) is 4.78. The Bertz CT molecular complexity index is 229. The Morgan fingerprint density at radius 2 is 1.93 bits per heavy atom. The average molecular weight is 201 g/mol. The quantitative estimate of drug-likeness (QED) is 0.577. The lowest BCUT2D eigenvalue weighted by Gasteiger charge is -2.14. The van der Waals surface area contributed by atoms with E-state index in [1.54, 1.807) is 0 Å². The standard InChI is InChI=1S/C9H15NO4/c11-5-4-10-8(12)6-2-1-3-7(6)9(13)14/h6-7,11H,1-5H2,(H,10,12)(H,13,14). The lowest BCUT2D eigenvalue weighted by atomic mass is 9.95. The van der Waals surface area contributed by atoms with Gasteiger partial charge in [0.25, 0.3) is 0 Å². The predicted molar refractivity (Wildman–Crippen MR) is 48.6 cm³/mol. The zero-order chi connectivity index (χ0) is 10.6. The molecule has 0 aromatic carbocycles. The van der Waals surface area contributed by atoms with Gasteiger partial charge in [-0.1, -0.05) is 6.42 Å². The molecular weight excluding hydrogens is 186 g/mol. The molecule has 80 valence electrons. The number of carboxylic acids is 1. The van der Waals surface area contributed by atoms with E-state index < -0.39 is 17.8 Å². The van der Waals surface area contributed by atoms with E-state index in [1.165, 1.54) is 0 Å². The summed E-state index contributed by atoms with van der Waals surface area (Å²) in [5.74, 6) is -2.11. The molecule has 1 fully saturated rings. The van der Waals surface area contributed by atoms with Crippen molar-refractivity contribution in [1.29, 1.82) is 0 Å². The minimum Gasteiger partial charge on any atom is -0.481 e. The summed E-state index contributed by atoms with van der Waals surface area (Å²) < 4.78 is 0. The average Bonchev–Trinajstić information content (AvgIpc) is 2.62. The number of hydrogen-bond acceptors (Lipinski definition) is 3. The highest BCUT2D eigenvalue weighted by molar-refractivity contribution is 5.85. The topological polar surface area (TPSA) is 86.6 Å². The van der Waals surface area contributed by atoms with Gasteiger partial charge >= 0.3 is 5.97 Å². The monoisotopic (exact) mass is 201 g/mol. The van der Waals surface area contributed by atoms with Crippen LogP contribution >= 0.6 is 0 Å². The maximum atomic E-state index is 11.4. The highest BCUT2D eigenvalue weighted by Gasteiger charge is 2.37. The fourth-order valence-electron chi connectivity index (χ4n) is 1.88. The summed E-state index contributed by atoms with van der Waals surface area (Å²) in [6.45, 7) is 0.0812. The number of rotatable bonds is 4. The van der Waals surface area contributed by atoms with E-state index in [0.717, 1.165) is 6.42 Å². The number of aliphatic hydroxyl groups excluding tert-OH is 1. The highest BCUT2D eigenvalue weighted by atomic mass is 16.4. The number of carboxylic acid groups (broad SMARTS) is 1. The van der Waals surface area contributed by atoms with E-state index in [9.17, 15) is 9.59 Å². The molecule has 1 rings (SSSR count). The van der Waals surface area contributed by atoms with Crippen LogP contribution in [-0.2, 0) is 9.59 Å². The second-order valence-corrected chi connectivity index (χ2v) is 3.50. The van der Waals surface area contributed by atoms with Crippen LogP contribution in [0.15, 0.2) is 0 Å². The van der Waals surface area contributed by atoms with E-state index >= 15 is 0 Å². The third-order valence-electron chi connectivity index (χ3n) is 2.58. The molecule has 1 aliphatic carbocycles. The molecule has 0 spiro atoms. The molecule has 5 heteroatoms. The van der Waals surface area contributed by atoms with Crippen LogP contribution in [0.3, 0.4) is 0 Å². The molecule has 1 saturated carbocycles. The summed E-state index contributed by atoms with van der Waals surface area (Å²) in [6, 6.07) is 0. The second kappa shape index (κ2) is 4.95. The van der Waals surface area contributed by atoms with Crippen molar-refractivity contribution in [3.63, 3.8) is 0 Å². The van der Waals surface area contributed by atoms with Crippen LogP contribution in [0, 0.1) is 11.8 Å². The fourth-order valence-corrected chi connectivity index (χ4v) is 1.88. The minimum atomic E-state index is -0.897. The lowest BCUT2D eigenvalue weighted by Crippen LogP contribution is -2.36. The molecule has 2 unspecified atom stereocenters. The molecular formula is C9H15NO4. The van der Waals surface area contributed by atoms with Crippen LogP contribution in [0.5, 0.6) is 0 Å². The molecule has 1 amide bonds. The molecule has 0 aromatic heterocycles. The van der Waals surface area contributed by atoms with Gasteiger partial charge in [-0.3, -0.25) is 9.59 Å². The second-order valence-electron chi connectivity index (χ2n) is 3.50. The molecule has 0 aliphatic heterocycles. The van der Waals surface area contributed by atoms with Crippen LogP contribution < -0.4 is 5.32 Å². The Morgan fingerprint density at radius 1 is 1.29 bits per heavy atom. The number of carbonyl (C=O) groups is 2. The van der Waals surface area contributed by atoms with Crippen LogP contribution in [0.4, 0.5) is 0 Å². The smallest absolute Gasteiger partial charge is 0.307 e. The van der Waals surface area contributed by atoms with Gasteiger partial charge in [0.05, 0.1) is 18.4 Å². The first-order valence-corrected chi connectivity index (χ1v) is 4.78. The van der Waals surface area contributed by atoms with Gasteiger partial charge in [0, 0.05) is 6.54 Å². The van der Waals surface area contributed by atoms with Crippen molar-refractivity contribution in [3.05, 3.63) is 0 Å². The summed E-state index contributed by atoms with van der Waals surface area (Å²) >= 11 is 0. The van der Waals surface area contributed by atoms with Crippen LogP contribution in [-0.4, -0.2) is 35.2 Å². The molecule has 5 nitrogen and oxygen atoms in total. The van der Waals surface area contributed by atoms with Crippen LogP contribution in [0.25, 0.3) is 0 Å². The van der Waals surface area contributed by atoms with Crippen molar-refractivity contribution in [1.82, 2.24) is 5.32 Å². The van der Waals surface area contributed by atoms with Crippen molar-refractivity contribution in [2.24, 2.45) is 11.8 Å². The summed E-state index contributed by atoms with van der Waals surface area (Å²) in [5.41, 5.74) is 0. The first kappa shape index (κ1) is 11.0. The van der Waals surface area contributed by atoms with Gasteiger partial charge in [-0.25, -0.2) is 0 Å². The highest BCUT2D eigenvalue weighted by Crippen LogP contribution is 2.31. The van der Waals surface area contributed by atoms with E-state index in [1.807, 2.05) is 0 Å². The Hall–Kier alpha value is -1.10. The van der Waals surface area contributed by atoms with E-state index in [2.05, 4.69) is 5.32 Å². The molecule has 3 N–H and O–H groups in total. The normalized spacial score (nSPS) is 26.1. The van der Waals surface area contributed by atoms with Gasteiger partial charge in [-0.05, 0) is 12.8 Å². The van der Waals surface area contributed by atoms with Crippen molar-refractivity contribution in [2.75, 3.05) is 13.2 Å². The number of aliphatic carboxylic acids is 1. The third kappa shape index (κ3) is 2.45. The maximum Gasteiger partial charge on any atom is 0.307 e. The summed E-state index contributed by atoms with van der Waals surface area (Å²) in [4.78, 5) is 22.2. The first-order chi connectivity index (χ1) is 6.66. The van der Waals surface area contributed by atoms with E-state index in [4.69, 9.17) is 10.2 Å². The summed E-state index contributed by atoms with van der Waals surface area (Å²) in [7, 11) is 0. The molecule has 1 aliphatic rings. The van der Waals surface area contributed by atoms with E-state index in [-0.39, 0.29) is 19.1 Å². The van der Waals surface area contributed by atoms with E-state index in [0.29, 0.717) is 12.8 Å². The number of hydrogen-bond donors (Lipinski definition) is 3.